The minimum Gasteiger partial charge on any atom is -0.492 e. The summed E-state index contributed by atoms with van der Waals surface area (Å²) in [7, 11) is 0. The summed E-state index contributed by atoms with van der Waals surface area (Å²) in [5, 5.41) is 6.53. The number of nitrogens with one attached hydrogen (secondary N) is 4. The first kappa shape index (κ1) is 14.1. The van der Waals surface area contributed by atoms with Gasteiger partial charge in [-0.05, 0) is 24.3 Å². The van der Waals surface area contributed by atoms with Crippen LogP contribution < -0.4 is 26.2 Å². The van der Waals surface area contributed by atoms with E-state index >= 15 is 0 Å². The van der Waals surface area contributed by atoms with E-state index in [0.29, 0.717) is 30.7 Å². The number of amides is 1. The van der Waals surface area contributed by atoms with Crippen molar-refractivity contribution < 1.29 is 9.53 Å². The molecular weight excluding hydrogens is 294 g/mol. The van der Waals surface area contributed by atoms with Crippen LogP contribution in [0.25, 0.3) is 0 Å². The van der Waals surface area contributed by atoms with Crippen LogP contribution in [0.2, 0.25) is 5.02 Å². The number of carbonyl (C=O) groups is 1. The second kappa shape index (κ2) is 6.30. The summed E-state index contributed by atoms with van der Waals surface area (Å²) in [5.41, 5.74) is 5.94. The Morgan fingerprint density at radius 3 is 2.95 bits per heavy atom. The van der Waals surface area contributed by atoms with Gasteiger partial charge in [0.1, 0.15) is 18.5 Å². The number of carbonyl (C=O) groups excluding carboxylic acids is 1. The largest absolute Gasteiger partial charge is 0.492 e. The molecule has 2 atom stereocenters. The molecule has 112 valence electrons. The summed E-state index contributed by atoms with van der Waals surface area (Å²) < 4.78 is 5.53. The highest BCUT2D eigenvalue weighted by Crippen LogP contribution is 2.15. The van der Waals surface area contributed by atoms with Gasteiger partial charge in [-0.25, -0.2) is 10.4 Å². The van der Waals surface area contributed by atoms with E-state index in [-0.39, 0.29) is 18.0 Å². The van der Waals surface area contributed by atoms with E-state index in [1.807, 2.05) is 0 Å². The Balaban J connectivity index is 1.48. The van der Waals surface area contributed by atoms with E-state index in [1.54, 1.807) is 24.3 Å². The van der Waals surface area contributed by atoms with Gasteiger partial charge in [-0.15, -0.1) is 0 Å². The molecule has 1 aromatic carbocycles. The zero-order valence-corrected chi connectivity index (χ0v) is 12.0. The highest BCUT2D eigenvalue weighted by atomic mass is 35.5. The summed E-state index contributed by atoms with van der Waals surface area (Å²) in [6.07, 6.45) is -0.116. The van der Waals surface area contributed by atoms with E-state index in [0.717, 1.165) is 5.75 Å². The van der Waals surface area contributed by atoms with E-state index in [9.17, 15) is 4.79 Å². The lowest BCUT2D eigenvalue weighted by Crippen LogP contribution is -2.61. The first-order valence-corrected chi connectivity index (χ1v) is 7.09. The van der Waals surface area contributed by atoms with Gasteiger partial charge < -0.3 is 10.1 Å². The third-order valence-corrected chi connectivity index (χ3v) is 3.55. The molecule has 0 bridgehead atoms. The maximum atomic E-state index is 11.8. The molecule has 2 aliphatic rings. The molecule has 1 amide bonds. The van der Waals surface area contributed by atoms with E-state index < -0.39 is 0 Å². The van der Waals surface area contributed by atoms with Crippen LogP contribution in [0.5, 0.6) is 5.75 Å². The molecular formula is C13H16ClN5O2. The summed E-state index contributed by atoms with van der Waals surface area (Å²) in [5.74, 6) is 1.06. The summed E-state index contributed by atoms with van der Waals surface area (Å²) in [6, 6.07) is 7.14. The van der Waals surface area contributed by atoms with Crippen LogP contribution >= 0.6 is 11.6 Å². The van der Waals surface area contributed by atoms with Crippen LogP contribution in [-0.4, -0.2) is 37.7 Å². The molecule has 21 heavy (non-hydrogen) atoms. The standard InChI is InChI=1S/C13H16ClN5O2/c14-8-1-3-9(4-2-8)21-6-5-15-13-17-11-10(7-16-19-11)12(20)18-13/h1-4,10-11,16,19H,5-7H2,(H2,15,17,18,20). The fraction of sp³-hybridized carbons (Fsp3) is 0.385. The molecule has 2 heterocycles. The van der Waals surface area contributed by atoms with Gasteiger partial charge in [-0.3, -0.25) is 15.5 Å². The zero-order valence-electron chi connectivity index (χ0n) is 11.2. The Kier molecular flexibility index (Phi) is 4.23. The summed E-state index contributed by atoms with van der Waals surface area (Å²) in [4.78, 5) is 16.1. The molecule has 0 spiro atoms. The highest BCUT2D eigenvalue weighted by Gasteiger charge is 2.37. The van der Waals surface area contributed by atoms with Crippen molar-refractivity contribution in [2.75, 3.05) is 19.7 Å². The van der Waals surface area contributed by atoms with Crippen molar-refractivity contribution in [3.05, 3.63) is 29.3 Å². The second-order valence-electron chi connectivity index (χ2n) is 4.78. The van der Waals surface area contributed by atoms with Gasteiger partial charge in [0.05, 0.1) is 12.5 Å². The van der Waals surface area contributed by atoms with Crippen LogP contribution in [0.3, 0.4) is 0 Å². The van der Waals surface area contributed by atoms with Gasteiger partial charge >= 0.3 is 0 Å². The van der Waals surface area contributed by atoms with Crippen molar-refractivity contribution in [3.63, 3.8) is 0 Å². The average Bonchev–Trinajstić information content (AvgIpc) is 2.94. The Morgan fingerprint density at radius 1 is 1.33 bits per heavy atom. The Morgan fingerprint density at radius 2 is 2.14 bits per heavy atom. The summed E-state index contributed by atoms with van der Waals surface area (Å²) in [6.45, 7) is 1.47. The molecule has 0 radical (unpaired) electrons. The monoisotopic (exact) mass is 309 g/mol. The van der Waals surface area contributed by atoms with E-state index in [2.05, 4.69) is 26.5 Å². The molecule has 8 heteroatoms. The molecule has 2 saturated heterocycles. The van der Waals surface area contributed by atoms with Crippen molar-refractivity contribution >= 4 is 23.5 Å². The van der Waals surface area contributed by atoms with Crippen LogP contribution in [-0.2, 0) is 4.79 Å². The highest BCUT2D eigenvalue weighted by molar-refractivity contribution is 6.30. The van der Waals surface area contributed by atoms with Crippen molar-refractivity contribution in [3.8, 4) is 5.75 Å². The van der Waals surface area contributed by atoms with E-state index in [1.165, 1.54) is 0 Å². The average molecular weight is 310 g/mol. The number of nitrogens with zero attached hydrogens (tertiary/aromatic N) is 1. The minimum atomic E-state index is -0.116. The number of ether oxygens (including phenoxy) is 1. The third kappa shape index (κ3) is 3.44. The van der Waals surface area contributed by atoms with Gasteiger partial charge in [0.2, 0.25) is 5.91 Å². The van der Waals surface area contributed by atoms with Crippen molar-refractivity contribution in [1.29, 1.82) is 0 Å². The number of hydrogen-bond donors (Lipinski definition) is 4. The lowest BCUT2D eigenvalue weighted by atomic mass is 10.1. The van der Waals surface area contributed by atoms with Crippen LogP contribution in [0.1, 0.15) is 0 Å². The second-order valence-corrected chi connectivity index (χ2v) is 5.21. The maximum absolute atomic E-state index is 11.8. The number of aliphatic imine (C=N–C) groups is 1. The van der Waals surface area contributed by atoms with Crippen molar-refractivity contribution in [2.24, 2.45) is 10.9 Å². The topological polar surface area (TPSA) is 86.8 Å². The predicted octanol–water partition coefficient (Wildman–Crippen LogP) is -0.156. The number of guanidine groups is 1. The fourth-order valence-corrected chi connectivity index (χ4v) is 2.33. The fourth-order valence-electron chi connectivity index (χ4n) is 2.21. The van der Waals surface area contributed by atoms with Crippen LogP contribution in [0.4, 0.5) is 0 Å². The maximum Gasteiger partial charge on any atom is 0.234 e. The molecule has 2 fully saturated rings. The molecule has 0 aliphatic carbocycles. The van der Waals surface area contributed by atoms with Gasteiger partial charge in [-0.2, -0.15) is 0 Å². The molecule has 3 rings (SSSR count). The molecule has 1 aromatic rings. The van der Waals surface area contributed by atoms with Gasteiger partial charge in [0.25, 0.3) is 0 Å². The Bertz CT molecular complexity index is 548. The lowest BCUT2D eigenvalue weighted by molar-refractivity contribution is -0.124. The molecule has 2 aliphatic heterocycles. The number of hydrogen-bond acceptors (Lipinski definition) is 5. The minimum absolute atomic E-state index is 0.0337. The van der Waals surface area contributed by atoms with Gasteiger partial charge in [-0.1, -0.05) is 11.6 Å². The molecule has 4 N–H and O–H groups in total. The number of fused-ring (bicyclic) bond motifs is 1. The third-order valence-electron chi connectivity index (χ3n) is 3.30. The normalized spacial score (nSPS) is 26.1. The number of benzene rings is 1. The van der Waals surface area contributed by atoms with Crippen molar-refractivity contribution in [1.82, 2.24) is 21.5 Å². The summed E-state index contributed by atoms with van der Waals surface area (Å²) >= 11 is 5.80. The van der Waals surface area contributed by atoms with Crippen LogP contribution in [0.15, 0.2) is 29.3 Å². The lowest BCUT2D eigenvalue weighted by Gasteiger charge is -2.27. The molecule has 0 saturated carbocycles. The first-order chi connectivity index (χ1) is 10.2. The predicted molar refractivity (Wildman–Crippen MR) is 78.9 cm³/mol. The smallest absolute Gasteiger partial charge is 0.234 e. The van der Waals surface area contributed by atoms with Gasteiger partial charge in [0.15, 0.2) is 5.96 Å². The molecule has 7 nitrogen and oxygen atoms in total. The SMILES string of the molecule is O=C1NC(=NCCOc2ccc(Cl)cc2)NC2NNCC12. The molecule has 2 unspecified atom stereocenters. The Hall–Kier alpha value is -1.83. The van der Waals surface area contributed by atoms with Crippen molar-refractivity contribution in [2.45, 2.75) is 6.17 Å². The number of hydrazine groups is 1. The quantitative estimate of drug-likeness (QED) is 0.581. The molecule has 0 aromatic heterocycles. The van der Waals surface area contributed by atoms with Gasteiger partial charge in [0, 0.05) is 11.6 Å². The zero-order chi connectivity index (χ0) is 14.7. The number of rotatable bonds is 4. The van der Waals surface area contributed by atoms with E-state index in [4.69, 9.17) is 16.3 Å². The Labute approximate surface area is 127 Å². The first-order valence-electron chi connectivity index (χ1n) is 6.71. The number of halogens is 1. The van der Waals surface area contributed by atoms with Crippen LogP contribution in [0, 0.1) is 5.92 Å².